The highest BCUT2D eigenvalue weighted by molar-refractivity contribution is 5.75. The minimum absolute atomic E-state index is 0.307. The minimum Gasteiger partial charge on any atom is -0.0814 e. The monoisotopic (exact) mass is 290 g/mol. The van der Waals surface area contributed by atoms with Crippen molar-refractivity contribution in [3.63, 3.8) is 0 Å². The lowest BCUT2D eigenvalue weighted by atomic mass is 9.76. The zero-order valence-corrected chi connectivity index (χ0v) is 14.0. The summed E-state index contributed by atoms with van der Waals surface area (Å²) in [5, 5.41) is 0. The Morgan fingerprint density at radius 3 is 2.55 bits per heavy atom. The first-order chi connectivity index (χ1) is 10.6. The molecule has 3 rings (SSSR count). The summed E-state index contributed by atoms with van der Waals surface area (Å²) in [5.41, 5.74) is 5.99. The van der Waals surface area contributed by atoms with E-state index in [0.29, 0.717) is 11.3 Å². The maximum absolute atomic E-state index is 2.37. The second-order valence-corrected chi connectivity index (χ2v) is 7.07. The largest absolute Gasteiger partial charge is 0.0814 e. The summed E-state index contributed by atoms with van der Waals surface area (Å²) in [6, 6.07) is 9.09. The molecule has 0 bridgehead atoms. The van der Waals surface area contributed by atoms with Crippen molar-refractivity contribution in [3.8, 4) is 0 Å². The number of hydrogen-bond donors (Lipinski definition) is 0. The molecule has 0 spiro atoms. The third kappa shape index (κ3) is 3.16. The predicted molar refractivity (Wildman–Crippen MR) is 97.5 cm³/mol. The molecule has 0 saturated heterocycles. The van der Waals surface area contributed by atoms with Crippen LogP contribution in [-0.2, 0) is 0 Å². The fraction of sp³-hybridized carbons (Fsp3) is 0.364. The standard InChI is InChI=1S/C22H26/c1-4-22(3)13-7-12-21(16-22)20-11-6-10-19(15-20)18-9-5-8-17(2)14-18/h5-13,15,17H,4,14,16H2,1-3H3. The van der Waals surface area contributed by atoms with Crippen LogP contribution in [0.4, 0.5) is 0 Å². The third-order valence-corrected chi connectivity index (χ3v) is 5.08. The van der Waals surface area contributed by atoms with Gasteiger partial charge in [-0.2, -0.15) is 0 Å². The highest BCUT2D eigenvalue weighted by Crippen LogP contribution is 2.39. The Morgan fingerprint density at radius 1 is 1.09 bits per heavy atom. The second kappa shape index (κ2) is 6.12. The van der Waals surface area contributed by atoms with Crippen LogP contribution in [0.3, 0.4) is 0 Å². The van der Waals surface area contributed by atoms with Gasteiger partial charge in [0.25, 0.3) is 0 Å². The van der Waals surface area contributed by atoms with Crippen LogP contribution in [-0.4, -0.2) is 0 Å². The van der Waals surface area contributed by atoms with Gasteiger partial charge in [0.15, 0.2) is 0 Å². The normalized spacial score (nSPS) is 27.5. The van der Waals surface area contributed by atoms with Gasteiger partial charge in [-0.3, -0.25) is 0 Å². The number of allylic oxidation sites excluding steroid dienone is 8. The van der Waals surface area contributed by atoms with E-state index < -0.39 is 0 Å². The quantitative estimate of drug-likeness (QED) is 0.602. The molecule has 2 aliphatic carbocycles. The molecule has 0 aromatic heterocycles. The number of benzene rings is 1. The van der Waals surface area contributed by atoms with E-state index in [1.807, 2.05) is 0 Å². The maximum Gasteiger partial charge on any atom is -0.0105 e. The van der Waals surface area contributed by atoms with Gasteiger partial charge < -0.3 is 0 Å². The second-order valence-electron chi connectivity index (χ2n) is 7.07. The van der Waals surface area contributed by atoms with Crippen LogP contribution in [0.25, 0.3) is 11.1 Å². The van der Waals surface area contributed by atoms with Crippen LogP contribution in [0.1, 0.15) is 51.2 Å². The molecule has 22 heavy (non-hydrogen) atoms. The van der Waals surface area contributed by atoms with Crippen LogP contribution in [0.2, 0.25) is 0 Å². The van der Waals surface area contributed by atoms with Gasteiger partial charge >= 0.3 is 0 Å². The molecule has 2 unspecified atom stereocenters. The van der Waals surface area contributed by atoms with Crippen molar-refractivity contribution in [1.82, 2.24) is 0 Å². The summed E-state index contributed by atoms with van der Waals surface area (Å²) in [4.78, 5) is 0. The third-order valence-electron chi connectivity index (χ3n) is 5.08. The Bertz CT molecular complexity index is 669. The van der Waals surface area contributed by atoms with Crippen LogP contribution in [0.5, 0.6) is 0 Å². The van der Waals surface area contributed by atoms with Gasteiger partial charge in [0, 0.05) is 0 Å². The summed E-state index contributed by atoms with van der Waals surface area (Å²) in [6.45, 7) is 6.93. The zero-order chi connectivity index (χ0) is 15.6. The van der Waals surface area contributed by atoms with Gasteiger partial charge in [0.1, 0.15) is 0 Å². The highest BCUT2D eigenvalue weighted by atomic mass is 14.3. The Balaban J connectivity index is 1.89. The van der Waals surface area contributed by atoms with Gasteiger partial charge in [0.2, 0.25) is 0 Å². The Hall–Kier alpha value is -1.82. The van der Waals surface area contributed by atoms with Crippen molar-refractivity contribution >= 4 is 11.1 Å². The first kappa shape index (κ1) is 15.1. The highest BCUT2D eigenvalue weighted by Gasteiger charge is 2.23. The molecule has 0 N–H and O–H groups in total. The van der Waals surface area contributed by atoms with Crippen LogP contribution < -0.4 is 0 Å². The minimum atomic E-state index is 0.307. The number of hydrogen-bond acceptors (Lipinski definition) is 0. The summed E-state index contributed by atoms with van der Waals surface area (Å²) in [5.74, 6) is 0.642. The van der Waals surface area contributed by atoms with E-state index >= 15 is 0 Å². The maximum atomic E-state index is 2.37. The van der Waals surface area contributed by atoms with Gasteiger partial charge in [-0.05, 0) is 58.9 Å². The zero-order valence-electron chi connectivity index (χ0n) is 14.0. The van der Waals surface area contributed by atoms with Gasteiger partial charge in [0.05, 0.1) is 0 Å². The summed E-state index contributed by atoms with van der Waals surface area (Å²) in [7, 11) is 0. The van der Waals surface area contributed by atoms with Crippen molar-refractivity contribution in [3.05, 3.63) is 71.8 Å². The molecule has 1 aromatic rings. The first-order valence-corrected chi connectivity index (χ1v) is 8.46. The summed E-state index contributed by atoms with van der Waals surface area (Å²) < 4.78 is 0. The van der Waals surface area contributed by atoms with Crippen molar-refractivity contribution in [2.24, 2.45) is 11.3 Å². The molecule has 2 aliphatic rings. The fourth-order valence-electron chi connectivity index (χ4n) is 3.37. The SMILES string of the molecule is CCC1(C)C=CC=C(c2cccc(C3=CC=CC(C)C3)c2)C1. The van der Waals surface area contributed by atoms with Crippen molar-refractivity contribution in [1.29, 1.82) is 0 Å². The van der Waals surface area contributed by atoms with Crippen LogP contribution >= 0.6 is 0 Å². The molecule has 2 atom stereocenters. The smallest absolute Gasteiger partial charge is 0.0105 e. The van der Waals surface area contributed by atoms with Crippen LogP contribution in [0.15, 0.2) is 60.7 Å². The van der Waals surface area contributed by atoms with Crippen molar-refractivity contribution in [2.45, 2.75) is 40.0 Å². The molecule has 0 amide bonds. The molecule has 0 nitrogen and oxygen atoms in total. The molecule has 114 valence electrons. The molecule has 0 fully saturated rings. The van der Waals surface area contributed by atoms with Crippen molar-refractivity contribution < 1.29 is 0 Å². The predicted octanol–water partition coefficient (Wildman–Crippen LogP) is 6.43. The molecular weight excluding hydrogens is 264 g/mol. The van der Waals surface area contributed by atoms with E-state index in [9.17, 15) is 0 Å². The summed E-state index contributed by atoms with van der Waals surface area (Å²) in [6.07, 6.45) is 17.1. The lowest BCUT2D eigenvalue weighted by Gasteiger charge is -2.29. The number of rotatable bonds is 3. The van der Waals surface area contributed by atoms with Crippen molar-refractivity contribution in [2.75, 3.05) is 0 Å². The average molecular weight is 290 g/mol. The molecular formula is C22H26. The van der Waals surface area contributed by atoms with E-state index in [1.165, 1.54) is 28.7 Å². The molecule has 0 heterocycles. The van der Waals surface area contributed by atoms with E-state index in [1.54, 1.807) is 0 Å². The van der Waals surface area contributed by atoms with E-state index in [4.69, 9.17) is 0 Å². The molecule has 0 saturated carbocycles. The van der Waals surface area contributed by atoms with Gasteiger partial charge in [-0.25, -0.2) is 0 Å². The molecule has 0 radical (unpaired) electrons. The topological polar surface area (TPSA) is 0 Å². The fourth-order valence-corrected chi connectivity index (χ4v) is 3.37. The lowest BCUT2D eigenvalue weighted by molar-refractivity contribution is 0.420. The first-order valence-electron chi connectivity index (χ1n) is 8.46. The van der Waals surface area contributed by atoms with Crippen LogP contribution in [0, 0.1) is 11.3 Å². The Labute approximate surface area is 135 Å². The molecule has 0 heteroatoms. The Kier molecular flexibility index (Phi) is 4.20. The van der Waals surface area contributed by atoms with Gasteiger partial charge in [-0.1, -0.05) is 75.4 Å². The van der Waals surface area contributed by atoms with Gasteiger partial charge in [-0.15, -0.1) is 0 Å². The average Bonchev–Trinajstić information content (AvgIpc) is 2.55. The molecule has 1 aromatic carbocycles. The molecule has 0 aliphatic heterocycles. The summed E-state index contributed by atoms with van der Waals surface area (Å²) >= 11 is 0. The lowest BCUT2D eigenvalue weighted by Crippen LogP contribution is -2.14. The van der Waals surface area contributed by atoms with E-state index in [2.05, 4.69) is 81.5 Å². The van der Waals surface area contributed by atoms with E-state index in [0.717, 1.165) is 12.8 Å². The Morgan fingerprint density at radius 2 is 1.82 bits per heavy atom. The van der Waals surface area contributed by atoms with E-state index in [-0.39, 0.29) is 0 Å².